The van der Waals surface area contributed by atoms with E-state index in [1.54, 1.807) is 48.5 Å². The third kappa shape index (κ3) is 8.09. The molecule has 4 aliphatic carbocycles. The van der Waals surface area contributed by atoms with Gasteiger partial charge < -0.3 is 45.2 Å². The Morgan fingerprint density at radius 2 is 1.47 bits per heavy atom. The zero-order valence-electron chi connectivity index (χ0n) is 32.7. The van der Waals surface area contributed by atoms with Crippen molar-refractivity contribution in [3.8, 4) is 46.0 Å². The monoisotopic (exact) mass is 801 g/mol. The summed E-state index contributed by atoms with van der Waals surface area (Å²) >= 11 is 0. The van der Waals surface area contributed by atoms with Crippen molar-refractivity contribution in [3.63, 3.8) is 0 Å². The molecule has 0 saturated heterocycles. The first-order valence-electron chi connectivity index (χ1n) is 20.4. The zero-order valence-corrected chi connectivity index (χ0v) is 32.7. The zero-order chi connectivity index (χ0) is 41.4. The number of aliphatic hydroxyl groups excluding tert-OH is 1. The summed E-state index contributed by atoms with van der Waals surface area (Å²) in [6.45, 7) is -0.0951. The van der Waals surface area contributed by atoms with E-state index in [1.165, 1.54) is 18.2 Å². The molecule has 5 aromatic rings. The van der Waals surface area contributed by atoms with Gasteiger partial charge in [-0.15, -0.1) is 0 Å². The number of ketones is 1. The number of carbonyl (C=O) groups is 1. The third-order valence-electron chi connectivity index (χ3n) is 13.1. The standard InChI is InChI=1S/C48H51NO10/c49-25-59-42-17-27(10-14-39(42)53)9-13-38(52)36-20-30(18-29-11-12-34(51)22-40(29)54)35-21-32-19-31(15-26-5-2-1-3-6-26)43(45(35)46(36)56)37-23-41(55)47(57)48(44(32)37)58-24-28-7-4-8-33(50)16-28/h1-8,10-12,14,16-17,22-23,30-32,35-36,43,45-46,50-51,53-57H,9,13,15,18-21,24-25,49H2. The Kier molecular flexibility index (Phi) is 11.3. The molecule has 0 spiro atoms. The molecule has 0 aromatic heterocycles. The lowest BCUT2D eigenvalue weighted by molar-refractivity contribution is -0.135. The first-order chi connectivity index (χ1) is 28.5. The number of hydrogen-bond acceptors (Lipinski definition) is 11. The Hall–Kier alpha value is -5.91. The molecule has 0 aliphatic heterocycles. The van der Waals surface area contributed by atoms with Crippen LogP contribution in [0.3, 0.4) is 0 Å². The van der Waals surface area contributed by atoms with E-state index in [1.807, 2.05) is 18.2 Å². The van der Waals surface area contributed by atoms with E-state index in [4.69, 9.17) is 15.2 Å². The molecule has 8 unspecified atom stereocenters. The van der Waals surface area contributed by atoms with Gasteiger partial charge in [0.25, 0.3) is 0 Å². The van der Waals surface area contributed by atoms with Crippen LogP contribution in [0.2, 0.25) is 0 Å². The summed E-state index contributed by atoms with van der Waals surface area (Å²) in [5, 5.41) is 77.1. The lowest BCUT2D eigenvalue weighted by Crippen LogP contribution is -2.49. The van der Waals surface area contributed by atoms with Crippen LogP contribution in [0.1, 0.15) is 70.9 Å². The van der Waals surface area contributed by atoms with Crippen molar-refractivity contribution in [3.05, 3.63) is 130 Å². The van der Waals surface area contributed by atoms with Crippen molar-refractivity contribution in [2.24, 2.45) is 35.3 Å². The first-order valence-corrected chi connectivity index (χ1v) is 20.4. The molecule has 4 aliphatic rings. The number of hydrogen-bond donors (Lipinski definition) is 8. The second kappa shape index (κ2) is 16.8. The number of benzene rings is 5. The predicted octanol–water partition coefficient (Wildman–Crippen LogP) is 7.30. The van der Waals surface area contributed by atoms with Crippen molar-refractivity contribution in [1.29, 1.82) is 0 Å². The smallest absolute Gasteiger partial charge is 0.200 e. The van der Waals surface area contributed by atoms with E-state index in [9.17, 15) is 40.5 Å². The highest BCUT2D eigenvalue weighted by Gasteiger charge is 2.56. The van der Waals surface area contributed by atoms with Crippen molar-refractivity contribution in [2.45, 2.75) is 69.5 Å². The van der Waals surface area contributed by atoms with Gasteiger partial charge in [0.2, 0.25) is 5.75 Å². The predicted molar refractivity (Wildman–Crippen MR) is 220 cm³/mol. The van der Waals surface area contributed by atoms with E-state index in [0.29, 0.717) is 49.7 Å². The largest absolute Gasteiger partial charge is 0.508 e. The van der Waals surface area contributed by atoms with Crippen molar-refractivity contribution in [2.75, 3.05) is 6.73 Å². The van der Waals surface area contributed by atoms with Crippen LogP contribution in [0.4, 0.5) is 0 Å². The number of rotatable bonds is 13. The van der Waals surface area contributed by atoms with Gasteiger partial charge in [0, 0.05) is 24.0 Å². The molecule has 0 heterocycles. The Morgan fingerprint density at radius 3 is 2.24 bits per heavy atom. The molecule has 59 heavy (non-hydrogen) atoms. The molecule has 9 N–H and O–H groups in total. The number of aliphatic hydroxyl groups is 1. The molecule has 2 bridgehead atoms. The van der Waals surface area contributed by atoms with E-state index >= 15 is 0 Å². The van der Waals surface area contributed by atoms with Gasteiger partial charge in [0.1, 0.15) is 36.4 Å². The fourth-order valence-corrected chi connectivity index (χ4v) is 10.6. The van der Waals surface area contributed by atoms with E-state index in [-0.39, 0.29) is 101 Å². The van der Waals surface area contributed by atoms with Crippen molar-refractivity contribution < 1.29 is 50.0 Å². The summed E-state index contributed by atoms with van der Waals surface area (Å²) < 4.78 is 11.8. The third-order valence-corrected chi connectivity index (χ3v) is 13.1. The first kappa shape index (κ1) is 39.9. The average Bonchev–Trinajstić information content (AvgIpc) is 3.46. The lowest BCUT2D eigenvalue weighted by Gasteiger charge is -2.48. The fourth-order valence-electron chi connectivity index (χ4n) is 10.6. The summed E-state index contributed by atoms with van der Waals surface area (Å²) in [6.07, 6.45) is 2.20. The second-order valence-corrected chi connectivity index (χ2v) is 16.6. The molecule has 308 valence electrons. The van der Waals surface area contributed by atoms with Gasteiger partial charge in [0.15, 0.2) is 23.0 Å². The molecular weight excluding hydrogens is 751 g/mol. The van der Waals surface area contributed by atoms with E-state index < -0.39 is 17.9 Å². The lowest BCUT2D eigenvalue weighted by atomic mass is 9.57. The highest BCUT2D eigenvalue weighted by Crippen LogP contribution is 2.64. The van der Waals surface area contributed by atoms with Gasteiger partial charge in [0.05, 0.1) is 6.10 Å². The summed E-state index contributed by atoms with van der Waals surface area (Å²) in [7, 11) is 0. The van der Waals surface area contributed by atoms with E-state index in [0.717, 1.165) is 22.3 Å². The Bertz CT molecular complexity index is 2310. The van der Waals surface area contributed by atoms with Crippen molar-refractivity contribution in [1.82, 2.24) is 0 Å². The van der Waals surface area contributed by atoms with E-state index in [2.05, 4.69) is 12.1 Å². The minimum Gasteiger partial charge on any atom is -0.508 e. The van der Waals surface area contributed by atoms with Gasteiger partial charge >= 0.3 is 0 Å². The molecule has 2 saturated carbocycles. The van der Waals surface area contributed by atoms with Gasteiger partial charge in [-0.2, -0.15) is 0 Å². The Balaban J connectivity index is 1.21. The van der Waals surface area contributed by atoms with Gasteiger partial charge in [-0.25, -0.2) is 0 Å². The number of phenols is 6. The summed E-state index contributed by atoms with van der Waals surface area (Å²) in [6, 6.07) is 27.9. The number of aryl methyl sites for hydroxylation is 1. The maximum absolute atomic E-state index is 14.5. The molecule has 0 amide bonds. The number of phenolic OH excluding ortho intramolecular Hbond substituents is 6. The number of fused-ring (bicyclic) bond motifs is 1. The van der Waals surface area contributed by atoms with Crippen LogP contribution in [0.15, 0.2) is 97.1 Å². The quantitative estimate of drug-likeness (QED) is 0.0438. The van der Waals surface area contributed by atoms with Crippen LogP contribution in [-0.2, 0) is 30.7 Å². The minimum atomic E-state index is -1.05. The number of ether oxygens (including phenoxy) is 2. The fraction of sp³-hybridized carbons (Fsp3) is 0.354. The molecule has 2 fully saturated rings. The van der Waals surface area contributed by atoms with Crippen LogP contribution in [0.25, 0.3) is 0 Å². The van der Waals surface area contributed by atoms with Crippen molar-refractivity contribution >= 4 is 5.78 Å². The minimum absolute atomic E-state index is 0.00282. The maximum Gasteiger partial charge on any atom is 0.200 e. The molecule has 11 heteroatoms. The van der Waals surface area contributed by atoms with Crippen LogP contribution in [0.5, 0.6) is 46.0 Å². The maximum atomic E-state index is 14.5. The van der Waals surface area contributed by atoms with Crippen LogP contribution < -0.4 is 15.2 Å². The normalized spacial score (nSPS) is 24.4. The highest BCUT2D eigenvalue weighted by molar-refractivity contribution is 5.82. The molecule has 8 atom stereocenters. The summed E-state index contributed by atoms with van der Waals surface area (Å²) in [5.41, 5.74) is 10.3. The van der Waals surface area contributed by atoms with Crippen LogP contribution in [0, 0.1) is 29.6 Å². The van der Waals surface area contributed by atoms with Gasteiger partial charge in [-0.1, -0.05) is 54.6 Å². The summed E-state index contributed by atoms with van der Waals surface area (Å²) in [5.74, 6) is -2.48. The van der Waals surface area contributed by atoms with Crippen LogP contribution >= 0.6 is 0 Å². The number of nitrogens with two attached hydrogens (primary N) is 1. The molecule has 11 nitrogen and oxygen atoms in total. The highest BCUT2D eigenvalue weighted by atomic mass is 16.5. The van der Waals surface area contributed by atoms with Crippen LogP contribution in [-0.4, -0.2) is 54.4 Å². The molecular formula is C48H51NO10. The molecule has 9 rings (SSSR count). The number of aromatic hydroxyl groups is 6. The second-order valence-electron chi connectivity index (χ2n) is 16.6. The Morgan fingerprint density at radius 1 is 0.695 bits per heavy atom. The number of Topliss-reactive ketones (excluding diaryl/α,β-unsaturated/α-hetero) is 1. The Labute approximate surface area is 342 Å². The molecule has 5 aromatic carbocycles. The average molecular weight is 802 g/mol. The SMILES string of the molecule is NCOc1cc(CCC(=O)C2CC(Cc3ccc(O)cc3O)C3CC4CC(Cc5ccccc5)C(c5cc(O)c(O)c(OCc6cccc(O)c6)c54)C3C2O)ccc1O. The molecule has 0 radical (unpaired) electrons. The number of carbonyl (C=O) groups excluding carboxylic acids is 1. The van der Waals surface area contributed by atoms with Gasteiger partial charge in [-0.3, -0.25) is 10.5 Å². The summed E-state index contributed by atoms with van der Waals surface area (Å²) in [4.78, 5) is 14.5. The van der Waals surface area contributed by atoms with Gasteiger partial charge in [-0.05, 0) is 138 Å². The topological polar surface area (TPSA) is 203 Å².